The van der Waals surface area contributed by atoms with Crippen molar-refractivity contribution in [1.29, 1.82) is 0 Å². The number of hydrogen-bond donors (Lipinski definition) is 1. The molecule has 26 heavy (non-hydrogen) atoms. The van der Waals surface area contributed by atoms with E-state index < -0.39 is 10.9 Å². The second-order valence-corrected chi connectivity index (χ2v) is 5.10. The fourth-order valence-electron chi connectivity index (χ4n) is 2.19. The molecule has 0 bridgehead atoms. The van der Waals surface area contributed by atoms with Gasteiger partial charge in [0.1, 0.15) is 10.5 Å². The third-order valence-electron chi connectivity index (χ3n) is 3.26. The Kier molecular flexibility index (Phi) is 4.60. The third kappa shape index (κ3) is 3.36. The van der Waals surface area contributed by atoms with Crippen LogP contribution >= 0.6 is 0 Å². The first kappa shape index (κ1) is 17.1. The van der Waals surface area contributed by atoms with Gasteiger partial charge in [-0.2, -0.15) is 14.7 Å². The normalized spacial score (nSPS) is 11.2. The molecule has 0 spiro atoms. The van der Waals surface area contributed by atoms with Crippen molar-refractivity contribution in [2.75, 3.05) is 12.0 Å². The first-order valence-electron chi connectivity index (χ1n) is 7.55. The summed E-state index contributed by atoms with van der Waals surface area (Å²) in [7, 11) is 0. The lowest BCUT2D eigenvalue weighted by atomic mass is 10.3. The molecule has 134 valence electrons. The lowest BCUT2D eigenvalue weighted by molar-refractivity contribution is -0.402. The molecule has 3 aromatic heterocycles. The van der Waals surface area contributed by atoms with Crippen molar-refractivity contribution in [3.63, 3.8) is 0 Å². The average molecular weight is 358 g/mol. The minimum absolute atomic E-state index is 0.207. The van der Waals surface area contributed by atoms with Crippen molar-refractivity contribution in [2.24, 2.45) is 5.10 Å². The predicted octanol–water partition coefficient (Wildman–Crippen LogP) is 2.16. The zero-order valence-electron chi connectivity index (χ0n) is 13.9. The molecule has 0 amide bonds. The molecular weight excluding hydrogens is 344 g/mol. The lowest BCUT2D eigenvalue weighted by Crippen LogP contribution is -2.07. The van der Waals surface area contributed by atoms with Gasteiger partial charge in [-0.25, -0.2) is 9.78 Å². The molecule has 11 heteroatoms. The predicted molar refractivity (Wildman–Crippen MR) is 90.3 cm³/mol. The Bertz CT molecular complexity index is 1010. The summed E-state index contributed by atoms with van der Waals surface area (Å²) in [5, 5.41) is 18.7. The molecule has 3 aromatic rings. The van der Waals surface area contributed by atoms with E-state index in [0.29, 0.717) is 17.2 Å². The van der Waals surface area contributed by atoms with Crippen LogP contribution in [0.4, 0.5) is 11.7 Å². The minimum atomic E-state index is -0.638. The fourth-order valence-corrected chi connectivity index (χ4v) is 2.19. The number of rotatable bonds is 6. The van der Waals surface area contributed by atoms with Crippen LogP contribution in [0.15, 0.2) is 33.9 Å². The number of esters is 1. The highest BCUT2D eigenvalue weighted by Gasteiger charge is 2.17. The van der Waals surface area contributed by atoms with E-state index in [1.807, 2.05) is 0 Å². The van der Waals surface area contributed by atoms with Crippen molar-refractivity contribution in [2.45, 2.75) is 13.8 Å². The summed E-state index contributed by atoms with van der Waals surface area (Å²) in [6.07, 6.45) is 2.65. The molecular formula is C15H14N6O5. The van der Waals surface area contributed by atoms with Crippen LogP contribution in [0.3, 0.4) is 0 Å². The average Bonchev–Trinajstić information content (AvgIpc) is 3.22. The highest BCUT2D eigenvalue weighted by Crippen LogP contribution is 2.17. The number of carbonyl (C=O) groups is 1. The molecule has 0 saturated heterocycles. The van der Waals surface area contributed by atoms with Crippen molar-refractivity contribution in [3.8, 4) is 0 Å². The maximum absolute atomic E-state index is 12.0. The number of fused-ring (bicyclic) bond motifs is 1. The second-order valence-electron chi connectivity index (χ2n) is 5.10. The summed E-state index contributed by atoms with van der Waals surface area (Å²) in [6, 6.07) is 4.33. The van der Waals surface area contributed by atoms with E-state index in [1.165, 1.54) is 29.1 Å². The molecule has 0 saturated carbocycles. The second kappa shape index (κ2) is 7.01. The number of nitrogens with zero attached hydrogens (tertiary/aromatic N) is 5. The molecule has 0 radical (unpaired) electrons. The molecule has 0 aliphatic heterocycles. The first-order valence-corrected chi connectivity index (χ1v) is 7.55. The molecule has 0 aliphatic rings. The van der Waals surface area contributed by atoms with E-state index in [4.69, 9.17) is 9.15 Å². The molecule has 0 aliphatic carbocycles. The SMILES string of the molecule is CCOC(=O)c1cnn2c(N/N=C/c3ccc([N+](=O)[O-])o3)cc(C)nc12. The highest BCUT2D eigenvalue weighted by atomic mass is 16.6. The van der Waals surface area contributed by atoms with E-state index in [1.54, 1.807) is 19.9 Å². The number of hydrazone groups is 1. The van der Waals surface area contributed by atoms with Gasteiger partial charge in [-0.1, -0.05) is 0 Å². The summed E-state index contributed by atoms with van der Waals surface area (Å²) in [5.41, 5.74) is 3.95. The Morgan fingerprint density at radius 2 is 2.35 bits per heavy atom. The van der Waals surface area contributed by atoms with Gasteiger partial charge in [0.05, 0.1) is 25.1 Å². The van der Waals surface area contributed by atoms with Crippen LogP contribution in [-0.2, 0) is 4.74 Å². The molecule has 0 fully saturated rings. The van der Waals surface area contributed by atoms with Crippen molar-refractivity contribution < 1.29 is 18.9 Å². The van der Waals surface area contributed by atoms with Crippen molar-refractivity contribution in [1.82, 2.24) is 14.6 Å². The first-order chi connectivity index (χ1) is 12.5. The molecule has 11 nitrogen and oxygen atoms in total. The molecule has 1 N–H and O–H groups in total. The van der Waals surface area contributed by atoms with Crippen LogP contribution in [0.5, 0.6) is 0 Å². The van der Waals surface area contributed by atoms with E-state index in [0.717, 1.165) is 0 Å². The molecule has 0 aromatic carbocycles. The van der Waals surface area contributed by atoms with Crippen LogP contribution in [0.1, 0.15) is 28.7 Å². The maximum Gasteiger partial charge on any atom is 0.433 e. The van der Waals surface area contributed by atoms with Crippen LogP contribution < -0.4 is 5.43 Å². The third-order valence-corrected chi connectivity index (χ3v) is 3.26. The van der Waals surface area contributed by atoms with Gasteiger partial charge >= 0.3 is 11.9 Å². The van der Waals surface area contributed by atoms with Crippen molar-refractivity contribution >= 4 is 29.5 Å². The number of nitro groups is 1. The lowest BCUT2D eigenvalue weighted by Gasteiger charge is -2.05. The van der Waals surface area contributed by atoms with Gasteiger partial charge < -0.3 is 9.15 Å². The standard InChI is InChI=1S/C15H14N6O5/c1-3-25-15(22)11-8-17-20-12(6-9(2)18-14(11)20)19-16-7-10-4-5-13(26-10)21(23)24/h4-8,19H,3H2,1-2H3/b16-7+. The monoisotopic (exact) mass is 358 g/mol. The van der Waals surface area contributed by atoms with Crippen LogP contribution in [-0.4, -0.2) is 38.3 Å². The van der Waals surface area contributed by atoms with E-state index in [9.17, 15) is 14.9 Å². The minimum Gasteiger partial charge on any atom is -0.462 e. The molecule has 3 heterocycles. The summed E-state index contributed by atoms with van der Waals surface area (Å²) >= 11 is 0. The van der Waals surface area contributed by atoms with E-state index >= 15 is 0 Å². The zero-order chi connectivity index (χ0) is 18.7. The van der Waals surface area contributed by atoms with E-state index in [2.05, 4.69) is 20.6 Å². The number of anilines is 1. The van der Waals surface area contributed by atoms with Crippen LogP contribution in [0.25, 0.3) is 5.65 Å². The van der Waals surface area contributed by atoms with Crippen LogP contribution in [0, 0.1) is 17.0 Å². The Morgan fingerprint density at radius 3 is 3.04 bits per heavy atom. The topological polar surface area (TPSA) is 137 Å². The molecule has 3 rings (SSSR count). The Hall–Kier alpha value is -3.76. The molecule has 0 unspecified atom stereocenters. The molecule has 0 atom stereocenters. The Morgan fingerprint density at radius 1 is 1.54 bits per heavy atom. The summed E-state index contributed by atoms with van der Waals surface area (Å²) in [6.45, 7) is 3.71. The van der Waals surface area contributed by atoms with E-state index in [-0.39, 0.29) is 23.8 Å². The van der Waals surface area contributed by atoms with Gasteiger partial charge in [-0.05, 0) is 19.9 Å². The van der Waals surface area contributed by atoms with Gasteiger partial charge in [0.25, 0.3) is 0 Å². The number of aryl methyl sites for hydroxylation is 1. The summed E-state index contributed by atoms with van der Waals surface area (Å²) < 4.78 is 11.4. The van der Waals surface area contributed by atoms with Gasteiger partial charge in [0.15, 0.2) is 17.2 Å². The number of hydrogen-bond acceptors (Lipinski definition) is 9. The zero-order valence-corrected chi connectivity index (χ0v) is 13.9. The number of carbonyl (C=O) groups excluding carboxylic acids is 1. The Labute approximate surface area is 146 Å². The number of furan rings is 1. The van der Waals surface area contributed by atoms with Crippen molar-refractivity contribution in [3.05, 3.63) is 51.5 Å². The number of aromatic nitrogens is 3. The summed E-state index contributed by atoms with van der Waals surface area (Å²) in [4.78, 5) is 26.2. The quantitative estimate of drug-likeness (QED) is 0.306. The fraction of sp³-hybridized carbons (Fsp3) is 0.200. The number of nitrogens with one attached hydrogen (secondary N) is 1. The van der Waals surface area contributed by atoms with Gasteiger partial charge in [0, 0.05) is 11.8 Å². The largest absolute Gasteiger partial charge is 0.462 e. The van der Waals surface area contributed by atoms with Gasteiger partial charge in [-0.3, -0.25) is 15.5 Å². The highest BCUT2D eigenvalue weighted by molar-refractivity contribution is 5.95. The van der Waals surface area contributed by atoms with Gasteiger partial charge in [0.2, 0.25) is 0 Å². The number of ether oxygens (including phenoxy) is 1. The smallest absolute Gasteiger partial charge is 0.433 e. The Balaban J connectivity index is 1.86. The summed E-state index contributed by atoms with van der Waals surface area (Å²) in [5.74, 6) is -0.239. The van der Waals surface area contributed by atoms with Crippen LogP contribution in [0.2, 0.25) is 0 Å². The van der Waals surface area contributed by atoms with Gasteiger partial charge in [-0.15, -0.1) is 0 Å². The maximum atomic E-state index is 12.0.